The second kappa shape index (κ2) is 6.25. The van der Waals surface area contributed by atoms with Crippen molar-refractivity contribution in [1.82, 2.24) is 10.2 Å². The SMILES string of the molecule is Cc1ccc(S(=O)(=O)c2ccc(CN3C(=O)NC(C)(C)C3=O)cc2)cc1. The molecule has 0 radical (unpaired) electrons. The van der Waals surface area contributed by atoms with Crippen LogP contribution in [0.3, 0.4) is 0 Å². The number of hydrogen-bond donors (Lipinski definition) is 1. The van der Waals surface area contributed by atoms with Gasteiger partial charge in [-0.2, -0.15) is 0 Å². The van der Waals surface area contributed by atoms with Crippen LogP contribution in [-0.4, -0.2) is 30.8 Å². The standard InChI is InChI=1S/C19H20N2O4S/c1-13-4-8-15(9-5-13)26(24,25)16-10-6-14(7-11-16)12-21-17(22)19(2,3)20-18(21)23/h4-11H,12H2,1-3H3,(H,20,23). The van der Waals surface area contributed by atoms with Gasteiger partial charge in [0.1, 0.15) is 5.54 Å². The molecule has 1 fully saturated rings. The summed E-state index contributed by atoms with van der Waals surface area (Å²) in [6, 6.07) is 12.4. The van der Waals surface area contributed by atoms with Crippen LogP contribution in [0.25, 0.3) is 0 Å². The lowest BCUT2D eigenvalue weighted by Crippen LogP contribution is -2.40. The number of nitrogens with zero attached hydrogens (tertiary/aromatic N) is 1. The molecule has 3 amide bonds. The van der Waals surface area contributed by atoms with Crippen LogP contribution in [0.15, 0.2) is 58.3 Å². The number of sulfone groups is 1. The molecular weight excluding hydrogens is 352 g/mol. The van der Waals surface area contributed by atoms with Gasteiger partial charge in [0.2, 0.25) is 9.84 Å². The highest BCUT2D eigenvalue weighted by atomic mass is 32.2. The first-order valence-corrected chi connectivity index (χ1v) is 9.64. The first kappa shape index (κ1) is 18.1. The molecule has 1 aliphatic rings. The molecule has 0 aromatic heterocycles. The molecule has 136 valence electrons. The molecule has 0 aliphatic carbocycles. The van der Waals surface area contributed by atoms with Crippen molar-refractivity contribution in [3.63, 3.8) is 0 Å². The van der Waals surface area contributed by atoms with E-state index in [9.17, 15) is 18.0 Å². The lowest BCUT2D eigenvalue weighted by atomic mass is 10.1. The van der Waals surface area contributed by atoms with Gasteiger partial charge in [0.15, 0.2) is 0 Å². The number of imide groups is 1. The van der Waals surface area contributed by atoms with Crippen LogP contribution in [0.4, 0.5) is 4.79 Å². The zero-order valence-electron chi connectivity index (χ0n) is 14.8. The van der Waals surface area contributed by atoms with Crippen molar-refractivity contribution < 1.29 is 18.0 Å². The summed E-state index contributed by atoms with van der Waals surface area (Å²) in [5.74, 6) is -0.307. The second-order valence-corrected chi connectivity index (χ2v) is 8.86. The summed E-state index contributed by atoms with van der Waals surface area (Å²) in [6.07, 6.45) is 0. The van der Waals surface area contributed by atoms with Crippen molar-refractivity contribution in [2.75, 3.05) is 0 Å². The van der Waals surface area contributed by atoms with Crippen molar-refractivity contribution >= 4 is 21.8 Å². The van der Waals surface area contributed by atoms with E-state index in [1.54, 1.807) is 50.2 Å². The fraction of sp³-hybridized carbons (Fsp3) is 0.263. The van der Waals surface area contributed by atoms with Crippen LogP contribution in [0, 0.1) is 6.92 Å². The minimum Gasteiger partial charge on any atom is -0.324 e. The Morgan fingerprint density at radius 1 is 0.923 bits per heavy atom. The van der Waals surface area contributed by atoms with Gasteiger partial charge in [-0.15, -0.1) is 0 Å². The van der Waals surface area contributed by atoms with E-state index in [2.05, 4.69) is 5.32 Å². The van der Waals surface area contributed by atoms with Crippen molar-refractivity contribution in [2.45, 2.75) is 42.6 Å². The Balaban J connectivity index is 1.82. The maximum atomic E-state index is 12.7. The highest BCUT2D eigenvalue weighted by molar-refractivity contribution is 7.91. The Hall–Kier alpha value is -2.67. The molecule has 0 spiro atoms. The fourth-order valence-corrected chi connectivity index (χ4v) is 4.03. The number of benzene rings is 2. The van der Waals surface area contributed by atoms with Gasteiger partial charge in [0.25, 0.3) is 5.91 Å². The molecule has 1 heterocycles. The van der Waals surface area contributed by atoms with Crippen LogP contribution in [0.2, 0.25) is 0 Å². The van der Waals surface area contributed by atoms with E-state index in [1.165, 1.54) is 12.1 Å². The number of rotatable bonds is 4. The predicted octanol–water partition coefficient (Wildman–Crippen LogP) is 2.66. The van der Waals surface area contributed by atoms with Gasteiger partial charge in [-0.05, 0) is 50.6 Å². The molecule has 1 saturated heterocycles. The lowest BCUT2D eigenvalue weighted by molar-refractivity contribution is -0.130. The number of amides is 3. The van der Waals surface area contributed by atoms with Gasteiger partial charge in [-0.1, -0.05) is 29.8 Å². The van der Waals surface area contributed by atoms with Crippen LogP contribution >= 0.6 is 0 Å². The third-order valence-corrected chi connectivity index (χ3v) is 6.14. The largest absolute Gasteiger partial charge is 0.325 e. The second-order valence-electron chi connectivity index (χ2n) is 6.91. The van der Waals surface area contributed by atoms with Crippen molar-refractivity contribution in [3.8, 4) is 0 Å². The summed E-state index contributed by atoms with van der Waals surface area (Å²) in [4.78, 5) is 25.7. The van der Waals surface area contributed by atoms with E-state index in [0.29, 0.717) is 5.56 Å². The van der Waals surface area contributed by atoms with E-state index >= 15 is 0 Å². The zero-order chi connectivity index (χ0) is 19.1. The third kappa shape index (κ3) is 3.22. The minimum absolute atomic E-state index is 0.0962. The Morgan fingerprint density at radius 2 is 1.42 bits per heavy atom. The summed E-state index contributed by atoms with van der Waals surface area (Å²) < 4.78 is 25.3. The normalized spacial score (nSPS) is 16.7. The summed E-state index contributed by atoms with van der Waals surface area (Å²) in [5.41, 5.74) is 0.732. The molecule has 2 aromatic carbocycles. The van der Waals surface area contributed by atoms with E-state index in [-0.39, 0.29) is 22.2 Å². The van der Waals surface area contributed by atoms with Crippen LogP contribution < -0.4 is 5.32 Å². The summed E-state index contributed by atoms with van der Waals surface area (Å²) in [5, 5.41) is 2.62. The number of aryl methyl sites for hydroxylation is 1. The number of urea groups is 1. The van der Waals surface area contributed by atoms with Crippen LogP contribution in [0.1, 0.15) is 25.0 Å². The third-order valence-electron chi connectivity index (χ3n) is 4.35. The van der Waals surface area contributed by atoms with Gasteiger partial charge < -0.3 is 5.32 Å². The lowest BCUT2D eigenvalue weighted by Gasteiger charge is -2.16. The van der Waals surface area contributed by atoms with Gasteiger partial charge in [0.05, 0.1) is 16.3 Å². The van der Waals surface area contributed by atoms with Gasteiger partial charge in [-0.25, -0.2) is 13.2 Å². The average Bonchev–Trinajstić information content (AvgIpc) is 2.77. The van der Waals surface area contributed by atoms with Crippen molar-refractivity contribution in [1.29, 1.82) is 0 Å². The fourth-order valence-electron chi connectivity index (χ4n) is 2.77. The molecule has 3 rings (SSSR count). The Morgan fingerprint density at radius 3 is 1.88 bits per heavy atom. The Labute approximate surface area is 152 Å². The summed E-state index contributed by atoms with van der Waals surface area (Å²) >= 11 is 0. The number of carbonyl (C=O) groups is 2. The Bertz CT molecular complexity index is 962. The van der Waals surface area contributed by atoms with Gasteiger partial charge >= 0.3 is 6.03 Å². The maximum Gasteiger partial charge on any atom is 0.325 e. The predicted molar refractivity (Wildman–Crippen MR) is 96.2 cm³/mol. The van der Waals surface area contributed by atoms with E-state index < -0.39 is 21.4 Å². The van der Waals surface area contributed by atoms with Gasteiger partial charge in [0, 0.05) is 0 Å². The topological polar surface area (TPSA) is 83.6 Å². The molecule has 26 heavy (non-hydrogen) atoms. The highest BCUT2D eigenvalue weighted by Gasteiger charge is 2.44. The van der Waals surface area contributed by atoms with Crippen molar-refractivity contribution in [2.24, 2.45) is 0 Å². The van der Waals surface area contributed by atoms with Crippen LogP contribution in [-0.2, 0) is 21.2 Å². The summed E-state index contributed by atoms with van der Waals surface area (Å²) in [7, 11) is -3.60. The van der Waals surface area contributed by atoms with E-state index in [1.807, 2.05) is 6.92 Å². The minimum atomic E-state index is -3.60. The molecule has 0 bridgehead atoms. The zero-order valence-corrected chi connectivity index (χ0v) is 15.6. The number of hydrogen-bond acceptors (Lipinski definition) is 4. The molecule has 0 unspecified atom stereocenters. The van der Waals surface area contributed by atoms with Gasteiger partial charge in [-0.3, -0.25) is 9.69 Å². The van der Waals surface area contributed by atoms with E-state index in [4.69, 9.17) is 0 Å². The summed E-state index contributed by atoms with van der Waals surface area (Å²) in [6.45, 7) is 5.27. The van der Waals surface area contributed by atoms with Crippen molar-refractivity contribution in [3.05, 3.63) is 59.7 Å². The maximum absolute atomic E-state index is 12.7. The molecule has 1 aliphatic heterocycles. The molecule has 1 N–H and O–H groups in total. The molecule has 7 heteroatoms. The quantitative estimate of drug-likeness (QED) is 0.837. The molecule has 0 atom stereocenters. The Kier molecular flexibility index (Phi) is 4.36. The first-order valence-electron chi connectivity index (χ1n) is 8.16. The monoisotopic (exact) mass is 372 g/mol. The first-order chi connectivity index (χ1) is 12.1. The highest BCUT2D eigenvalue weighted by Crippen LogP contribution is 2.23. The number of nitrogens with one attached hydrogen (secondary N) is 1. The van der Waals surface area contributed by atoms with E-state index in [0.717, 1.165) is 10.5 Å². The molecule has 6 nitrogen and oxygen atoms in total. The molecular formula is C19H20N2O4S. The molecule has 0 saturated carbocycles. The van der Waals surface area contributed by atoms with Crippen LogP contribution in [0.5, 0.6) is 0 Å². The smallest absolute Gasteiger partial charge is 0.324 e. The average molecular weight is 372 g/mol. The molecule has 2 aromatic rings. The number of carbonyl (C=O) groups excluding carboxylic acids is 2.